The minimum atomic E-state index is -0.167. The van der Waals surface area contributed by atoms with Crippen LogP contribution < -0.4 is 4.74 Å². The molecule has 0 N–H and O–H groups in total. The fourth-order valence-corrected chi connectivity index (χ4v) is 2.73. The van der Waals surface area contributed by atoms with Crippen LogP contribution in [0, 0.1) is 6.92 Å². The van der Waals surface area contributed by atoms with Gasteiger partial charge in [-0.2, -0.15) is 4.98 Å². The molecule has 1 aromatic heterocycles. The largest absolute Gasteiger partial charge is 0.484 e. The Bertz CT molecular complexity index is 921. The number of hydrogen-bond acceptors (Lipinski definition) is 5. The monoisotopic (exact) mass is 399 g/mol. The summed E-state index contributed by atoms with van der Waals surface area (Å²) >= 11 is 5.86. The molecule has 0 spiro atoms. The van der Waals surface area contributed by atoms with Crippen molar-refractivity contribution in [2.24, 2.45) is 0 Å². The second-order valence-electron chi connectivity index (χ2n) is 6.74. The molecule has 2 aromatic carbocycles. The van der Waals surface area contributed by atoms with Gasteiger partial charge in [-0.15, -0.1) is 0 Å². The normalized spacial score (nSPS) is 10.9. The summed E-state index contributed by atoms with van der Waals surface area (Å²) in [5.41, 5.74) is 2.03. The molecule has 0 fully saturated rings. The summed E-state index contributed by atoms with van der Waals surface area (Å²) in [6.07, 6.45) is 0. The van der Waals surface area contributed by atoms with Crippen molar-refractivity contribution in [1.29, 1.82) is 0 Å². The third-order valence-electron chi connectivity index (χ3n) is 4.20. The maximum atomic E-state index is 12.6. The summed E-state index contributed by atoms with van der Waals surface area (Å²) in [7, 11) is 0. The SMILES string of the molecule is Cc1ccc(-c2noc(CN(C(=O)COc3ccc(Cl)cc3)C(C)C)n2)cc1. The lowest BCUT2D eigenvalue weighted by atomic mass is 10.1. The highest BCUT2D eigenvalue weighted by Gasteiger charge is 2.21. The van der Waals surface area contributed by atoms with E-state index in [0.29, 0.717) is 22.5 Å². The number of hydrogen-bond donors (Lipinski definition) is 0. The highest BCUT2D eigenvalue weighted by molar-refractivity contribution is 6.30. The molecular formula is C21H22ClN3O3. The molecule has 0 unspecified atom stereocenters. The second kappa shape index (κ2) is 8.89. The van der Waals surface area contributed by atoms with Gasteiger partial charge in [-0.3, -0.25) is 4.79 Å². The van der Waals surface area contributed by atoms with E-state index >= 15 is 0 Å². The van der Waals surface area contributed by atoms with Gasteiger partial charge in [-0.1, -0.05) is 46.6 Å². The van der Waals surface area contributed by atoms with Crippen LogP contribution in [0.15, 0.2) is 53.1 Å². The van der Waals surface area contributed by atoms with E-state index in [1.54, 1.807) is 29.2 Å². The maximum absolute atomic E-state index is 12.6. The van der Waals surface area contributed by atoms with Crippen molar-refractivity contribution in [2.75, 3.05) is 6.61 Å². The summed E-state index contributed by atoms with van der Waals surface area (Å²) in [5, 5.41) is 4.64. The Labute approximate surface area is 169 Å². The van der Waals surface area contributed by atoms with Gasteiger partial charge in [0.25, 0.3) is 5.91 Å². The summed E-state index contributed by atoms with van der Waals surface area (Å²) in [5.74, 6) is 1.30. The summed E-state index contributed by atoms with van der Waals surface area (Å²) in [6.45, 7) is 6.01. The van der Waals surface area contributed by atoms with E-state index in [1.165, 1.54) is 0 Å². The molecule has 0 aliphatic rings. The molecule has 3 aromatic rings. The second-order valence-corrected chi connectivity index (χ2v) is 7.17. The first-order valence-electron chi connectivity index (χ1n) is 9.00. The van der Waals surface area contributed by atoms with Crippen molar-refractivity contribution < 1.29 is 14.1 Å². The molecule has 6 nitrogen and oxygen atoms in total. The van der Waals surface area contributed by atoms with E-state index in [4.69, 9.17) is 20.9 Å². The minimum absolute atomic E-state index is 0.0453. The third kappa shape index (κ3) is 5.10. The number of amides is 1. The zero-order valence-corrected chi connectivity index (χ0v) is 16.8. The number of aromatic nitrogens is 2. The number of rotatable bonds is 7. The maximum Gasteiger partial charge on any atom is 0.261 e. The van der Waals surface area contributed by atoms with E-state index < -0.39 is 0 Å². The minimum Gasteiger partial charge on any atom is -0.484 e. The Balaban J connectivity index is 1.64. The standard InChI is InChI=1S/C21H22ClN3O3/c1-14(2)25(20(26)13-27-18-10-8-17(22)9-11-18)12-19-23-21(24-28-19)16-6-4-15(3)5-7-16/h4-11,14H,12-13H2,1-3H3. The van der Waals surface area contributed by atoms with Crippen LogP contribution in [0.5, 0.6) is 5.75 Å². The number of carbonyl (C=O) groups excluding carboxylic acids is 1. The van der Waals surface area contributed by atoms with Crippen LogP contribution in [0.1, 0.15) is 25.3 Å². The van der Waals surface area contributed by atoms with Gasteiger partial charge in [0.15, 0.2) is 6.61 Å². The molecule has 0 saturated heterocycles. The summed E-state index contributed by atoms with van der Waals surface area (Å²) in [6, 6.07) is 14.7. The first kappa shape index (κ1) is 19.9. The van der Waals surface area contributed by atoms with Crippen molar-refractivity contribution in [3.63, 3.8) is 0 Å². The van der Waals surface area contributed by atoms with Gasteiger partial charge in [0.2, 0.25) is 11.7 Å². The van der Waals surface area contributed by atoms with Crippen molar-refractivity contribution in [3.05, 3.63) is 65.0 Å². The molecule has 7 heteroatoms. The lowest BCUT2D eigenvalue weighted by molar-refractivity contribution is -0.136. The number of carbonyl (C=O) groups is 1. The van der Waals surface area contributed by atoms with Crippen LogP contribution in [0.3, 0.4) is 0 Å². The third-order valence-corrected chi connectivity index (χ3v) is 4.46. The number of aryl methyl sites for hydroxylation is 1. The molecule has 28 heavy (non-hydrogen) atoms. The Morgan fingerprint density at radius 3 is 2.46 bits per heavy atom. The highest BCUT2D eigenvalue weighted by atomic mass is 35.5. The Hall–Kier alpha value is -2.86. The van der Waals surface area contributed by atoms with Crippen LogP contribution in [-0.2, 0) is 11.3 Å². The van der Waals surface area contributed by atoms with Gasteiger partial charge in [0.05, 0.1) is 0 Å². The van der Waals surface area contributed by atoms with E-state index in [-0.39, 0.29) is 25.1 Å². The Kier molecular flexibility index (Phi) is 6.31. The molecule has 0 saturated carbocycles. The summed E-state index contributed by atoms with van der Waals surface area (Å²) < 4.78 is 10.9. The molecule has 1 amide bonds. The zero-order valence-electron chi connectivity index (χ0n) is 16.1. The van der Waals surface area contributed by atoms with Crippen LogP contribution in [0.25, 0.3) is 11.4 Å². The predicted molar refractivity (Wildman–Crippen MR) is 107 cm³/mol. The van der Waals surface area contributed by atoms with E-state index in [1.807, 2.05) is 45.0 Å². The molecule has 0 aliphatic carbocycles. The lowest BCUT2D eigenvalue weighted by Gasteiger charge is -2.25. The quantitative estimate of drug-likeness (QED) is 0.584. The van der Waals surface area contributed by atoms with Crippen LogP contribution >= 0.6 is 11.6 Å². The number of ether oxygens (including phenoxy) is 1. The van der Waals surface area contributed by atoms with Crippen molar-refractivity contribution in [1.82, 2.24) is 15.0 Å². The molecular weight excluding hydrogens is 378 g/mol. The Morgan fingerprint density at radius 1 is 1.14 bits per heavy atom. The summed E-state index contributed by atoms with van der Waals surface area (Å²) in [4.78, 5) is 18.7. The van der Waals surface area contributed by atoms with E-state index in [2.05, 4.69) is 10.1 Å². The molecule has 0 aliphatic heterocycles. The molecule has 3 rings (SSSR count). The van der Waals surface area contributed by atoms with Crippen LogP contribution in [-0.4, -0.2) is 33.6 Å². The van der Waals surface area contributed by atoms with Crippen LogP contribution in [0.2, 0.25) is 5.02 Å². The highest BCUT2D eigenvalue weighted by Crippen LogP contribution is 2.18. The van der Waals surface area contributed by atoms with Gasteiger partial charge in [0.1, 0.15) is 12.3 Å². The van der Waals surface area contributed by atoms with Crippen molar-refractivity contribution >= 4 is 17.5 Å². The van der Waals surface area contributed by atoms with Crippen molar-refractivity contribution in [3.8, 4) is 17.1 Å². The van der Waals surface area contributed by atoms with Gasteiger partial charge in [-0.25, -0.2) is 0 Å². The average molecular weight is 400 g/mol. The number of benzene rings is 2. The predicted octanol–water partition coefficient (Wildman–Crippen LogP) is 4.51. The smallest absolute Gasteiger partial charge is 0.261 e. The number of nitrogens with zero attached hydrogens (tertiary/aromatic N) is 3. The van der Waals surface area contributed by atoms with Crippen molar-refractivity contribution in [2.45, 2.75) is 33.4 Å². The van der Waals surface area contributed by atoms with Gasteiger partial charge in [0, 0.05) is 16.6 Å². The fourth-order valence-electron chi connectivity index (χ4n) is 2.60. The molecule has 0 bridgehead atoms. The van der Waals surface area contributed by atoms with Gasteiger partial charge < -0.3 is 14.2 Å². The van der Waals surface area contributed by atoms with E-state index in [0.717, 1.165) is 11.1 Å². The molecule has 0 atom stereocenters. The first-order valence-corrected chi connectivity index (χ1v) is 9.37. The number of halogens is 1. The first-order chi connectivity index (χ1) is 13.4. The fraction of sp³-hybridized carbons (Fsp3) is 0.286. The zero-order chi connectivity index (χ0) is 20.1. The van der Waals surface area contributed by atoms with Gasteiger partial charge >= 0.3 is 0 Å². The van der Waals surface area contributed by atoms with Crippen LogP contribution in [0.4, 0.5) is 0 Å². The molecule has 0 radical (unpaired) electrons. The Morgan fingerprint density at radius 2 is 1.82 bits per heavy atom. The average Bonchev–Trinajstić information content (AvgIpc) is 3.14. The van der Waals surface area contributed by atoms with Gasteiger partial charge in [-0.05, 0) is 45.0 Å². The lowest BCUT2D eigenvalue weighted by Crippen LogP contribution is -2.39. The van der Waals surface area contributed by atoms with E-state index in [9.17, 15) is 4.79 Å². The topological polar surface area (TPSA) is 68.5 Å². The molecule has 146 valence electrons. The molecule has 1 heterocycles.